The van der Waals surface area contributed by atoms with Gasteiger partial charge in [0.25, 0.3) is 0 Å². The lowest BCUT2D eigenvalue weighted by molar-refractivity contribution is -0.139. The molecule has 1 aromatic heterocycles. The second kappa shape index (κ2) is 9.06. The van der Waals surface area contributed by atoms with E-state index in [1.165, 1.54) is 23.9 Å². The number of alkyl halides is 3. The Labute approximate surface area is 198 Å². The lowest BCUT2D eigenvalue weighted by Crippen LogP contribution is -2.26. The summed E-state index contributed by atoms with van der Waals surface area (Å²) >= 11 is 1.25. The van der Waals surface area contributed by atoms with Crippen LogP contribution in [0.2, 0.25) is 0 Å². The molecule has 0 radical (unpaired) electrons. The summed E-state index contributed by atoms with van der Waals surface area (Å²) < 4.78 is 45.0. The highest BCUT2D eigenvalue weighted by atomic mass is 32.2. The molecular formula is C25H21F3N2O3S. The van der Waals surface area contributed by atoms with Gasteiger partial charge in [0.1, 0.15) is 17.1 Å². The molecule has 0 saturated heterocycles. The van der Waals surface area contributed by atoms with Crippen molar-refractivity contribution in [2.75, 3.05) is 0 Å². The zero-order valence-corrected chi connectivity index (χ0v) is 19.2. The molecule has 5 nitrogen and oxygen atoms in total. The molecule has 176 valence electrons. The van der Waals surface area contributed by atoms with Crippen molar-refractivity contribution in [2.45, 2.75) is 36.3 Å². The molecule has 0 aliphatic carbocycles. The minimum atomic E-state index is -4.39. The topological polar surface area (TPSA) is 64.4 Å². The number of aliphatic carboxylic acids is 1. The molecule has 1 N–H and O–H groups in total. The van der Waals surface area contributed by atoms with Crippen LogP contribution in [0.25, 0.3) is 16.6 Å². The van der Waals surface area contributed by atoms with Crippen LogP contribution in [0.4, 0.5) is 13.2 Å². The average molecular weight is 487 g/mol. The minimum Gasteiger partial charge on any atom is -0.489 e. The quantitative estimate of drug-likeness (QED) is 0.299. The zero-order valence-electron chi connectivity index (χ0n) is 18.3. The van der Waals surface area contributed by atoms with E-state index in [4.69, 9.17) is 4.74 Å². The summed E-state index contributed by atoms with van der Waals surface area (Å²) in [5.74, 6) is -0.265. The molecular weight excluding hydrogens is 465 g/mol. The highest BCUT2D eigenvalue weighted by Gasteiger charge is 2.30. The molecule has 0 atom stereocenters. The summed E-state index contributed by atoms with van der Waals surface area (Å²) in [5, 5.41) is 14.7. The molecule has 3 aromatic carbocycles. The average Bonchev–Trinajstić information content (AvgIpc) is 3.23. The fourth-order valence-corrected chi connectivity index (χ4v) is 4.21. The van der Waals surface area contributed by atoms with Gasteiger partial charge in [0.05, 0.1) is 16.8 Å². The first kappa shape index (κ1) is 23.7. The highest BCUT2D eigenvalue weighted by Crippen LogP contribution is 2.34. The van der Waals surface area contributed by atoms with Crippen LogP contribution < -0.4 is 4.74 Å². The maximum Gasteiger partial charge on any atom is 0.416 e. The third-order valence-corrected chi connectivity index (χ3v) is 6.38. The maximum absolute atomic E-state index is 12.8. The standard InChI is InChI=1S/C25H21F3N2O3S/c1-24(2,23(31)32)34-21-12-10-20(11-13-21)33-15-17-5-3-4-16-14-30(29-22(16)17)19-8-6-18(7-9-19)25(26,27)28/h3-14H,15H2,1-2H3,(H,31,32). The molecule has 0 bridgehead atoms. The van der Waals surface area contributed by atoms with E-state index < -0.39 is 22.5 Å². The predicted molar refractivity (Wildman–Crippen MR) is 124 cm³/mol. The van der Waals surface area contributed by atoms with E-state index in [1.807, 2.05) is 30.3 Å². The Morgan fingerprint density at radius 3 is 2.32 bits per heavy atom. The van der Waals surface area contributed by atoms with Crippen molar-refractivity contribution in [3.63, 3.8) is 0 Å². The van der Waals surface area contributed by atoms with Crippen LogP contribution in [0.15, 0.2) is 77.8 Å². The zero-order chi connectivity index (χ0) is 24.5. The van der Waals surface area contributed by atoms with E-state index in [9.17, 15) is 23.1 Å². The van der Waals surface area contributed by atoms with Gasteiger partial charge in [-0.15, -0.1) is 11.8 Å². The van der Waals surface area contributed by atoms with E-state index in [1.54, 1.807) is 36.9 Å². The molecule has 0 aliphatic heterocycles. The molecule has 0 amide bonds. The third kappa shape index (κ3) is 5.20. The van der Waals surface area contributed by atoms with Crippen LogP contribution in [0.3, 0.4) is 0 Å². The summed E-state index contributed by atoms with van der Waals surface area (Å²) in [6, 6.07) is 17.6. The molecule has 4 rings (SSSR count). The number of halogens is 3. The Kier molecular flexibility index (Phi) is 6.31. The number of nitrogens with zero attached hydrogens (tertiary/aromatic N) is 2. The number of hydrogen-bond acceptors (Lipinski definition) is 4. The van der Waals surface area contributed by atoms with Crippen molar-refractivity contribution in [1.82, 2.24) is 9.78 Å². The number of hydrogen-bond donors (Lipinski definition) is 1. The summed E-state index contributed by atoms with van der Waals surface area (Å²) in [6.07, 6.45) is -2.63. The predicted octanol–water partition coefficient (Wildman–Crippen LogP) is 6.58. The van der Waals surface area contributed by atoms with E-state index in [0.717, 1.165) is 28.0 Å². The largest absolute Gasteiger partial charge is 0.489 e. The summed E-state index contributed by atoms with van der Waals surface area (Å²) in [7, 11) is 0. The van der Waals surface area contributed by atoms with E-state index >= 15 is 0 Å². The fourth-order valence-electron chi connectivity index (χ4n) is 3.26. The Morgan fingerprint density at radius 2 is 1.71 bits per heavy atom. The Balaban J connectivity index is 1.49. The molecule has 0 fully saturated rings. The lowest BCUT2D eigenvalue weighted by atomic mass is 10.1. The van der Waals surface area contributed by atoms with Crippen LogP contribution >= 0.6 is 11.8 Å². The van der Waals surface area contributed by atoms with Gasteiger partial charge in [0.15, 0.2) is 0 Å². The molecule has 9 heteroatoms. The third-order valence-electron chi connectivity index (χ3n) is 5.19. The molecule has 0 spiro atoms. The van der Waals surface area contributed by atoms with Crippen molar-refractivity contribution >= 4 is 28.6 Å². The maximum atomic E-state index is 12.8. The first-order chi connectivity index (χ1) is 16.0. The second-order valence-electron chi connectivity index (χ2n) is 8.15. The van der Waals surface area contributed by atoms with Gasteiger partial charge in [0.2, 0.25) is 0 Å². The van der Waals surface area contributed by atoms with Gasteiger partial charge >= 0.3 is 12.1 Å². The Hall–Kier alpha value is -3.46. The van der Waals surface area contributed by atoms with Gasteiger partial charge in [-0.3, -0.25) is 4.79 Å². The summed E-state index contributed by atoms with van der Waals surface area (Å²) in [5.41, 5.74) is 1.33. The highest BCUT2D eigenvalue weighted by molar-refractivity contribution is 8.01. The van der Waals surface area contributed by atoms with Crippen LogP contribution in [0, 0.1) is 0 Å². The smallest absolute Gasteiger partial charge is 0.416 e. The van der Waals surface area contributed by atoms with Gasteiger partial charge < -0.3 is 9.84 Å². The molecule has 1 heterocycles. The van der Waals surface area contributed by atoms with Gasteiger partial charge in [0, 0.05) is 22.0 Å². The normalized spacial score (nSPS) is 12.1. The monoisotopic (exact) mass is 486 g/mol. The minimum absolute atomic E-state index is 0.245. The number of benzene rings is 3. The summed E-state index contributed by atoms with van der Waals surface area (Å²) in [4.78, 5) is 12.1. The Bertz CT molecular complexity index is 1310. The number of carbonyl (C=O) groups is 1. The molecule has 0 aliphatic rings. The van der Waals surface area contributed by atoms with Crippen molar-refractivity contribution in [3.8, 4) is 11.4 Å². The summed E-state index contributed by atoms with van der Waals surface area (Å²) in [6.45, 7) is 3.54. The SMILES string of the molecule is CC(C)(Sc1ccc(OCc2cccc3cn(-c4ccc(C(F)(F)F)cc4)nc23)cc1)C(=O)O. The van der Waals surface area contributed by atoms with E-state index in [-0.39, 0.29) is 6.61 Å². The van der Waals surface area contributed by atoms with Gasteiger partial charge in [-0.25, -0.2) is 4.68 Å². The van der Waals surface area contributed by atoms with Gasteiger partial charge in [-0.05, 0) is 62.4 Å². The Morgan fingerprint density at radius 1 is 1.03 bits per heavy atom. The second-order valence-corrected chi connectivity index (χ2v) is 9.85. The fraction of sp³-hybridized carbons (Fsp3) is 0.200. The first-order valence-electron chi connectivity index (χ1n) is 10.3. The number of aromatic nitrogens is 2. The van der Waals surface area contributed by atoms with Gasteiger partial charge in [-0.1, -0.05) is 18.2 Å². The number of rotatable bonds is 7. The van der Waals surface area contributed by atoms with Crippen molar-refractivity contribution in [2.24, 2.45) is 0 Å². The van der Waals surface area contributed by atoms with Crippen LogP contribution in [0.5, 0.6) is 5.75 Å². The van der Waals surface area contributed by atoms with Gasteiger partial charge in [-0.2, -0.15) is 18.3 Å². The van der Waals surface area contributed by atoms with Crippen LogP contribution in [-0.4, -0.2) is 25.6 Å². The lowest BCUT2D eigenvalue weighted by Gasteiger charge is -2.18. The first-order valence-corrected chi connectivity index (χ1v) is 11.1. The number of thioether (sulfide) groups is 1. The number of carboxylic acids is 1. The molecule has 4 aromatic rings. The van der Waals surface area contributed by atoms with Crippen molar-refractivity contribution < 1.29 is 27.8 Å². The van der Waals surface area contributed by atoms with Crippen LogP contribution in [-0.2, 0) is 17.6 Å². The van der Waals surface area contributed by atoms with Crippen molar-refractivity contribution in [3.05, 3.63) is 84.1 Å². The number of fused-ring (bicyclic) bond motifs is 1. The van der Waals surface area contributed by atoms with Crippen LogP contribution in [0.1, 0.15) is 25.0 Å². The van der Waals surface area contributed by atoms with E-state index in [2.05, 4.69) is 5.10 Å². The number of carboxylic acid groups (broad SMARTS) is 1. The molecule has 34 heavy (non-hydrogen) atoms. The molecule has 0 unspecified atom stereocenters. The molecule has 0 saturated carbocycles. The number of ether oxygens (including phenoxy) is 1. The van der Waals surface area contributed by atoms with E-state index in [0.29, 0.717) is 17.0 Å². The van der Waals surface area contributed by atoms with Crippen molar-refractivity contribution in [1.29, 1.82) is 0 Å².